The summed E-state index contributed by atoms with van der Waals surface area (Å²) in [5, 5.41) is 7.77. The molecular weight excluding hydrogens is 345 g/mol. The molecule has 25 heavy (non-hydrogen) atoms. The van der Waals surface area contributed by atoms with Crippen LogP contribution in [-0.4, -0.2) is 25.7 Å². The third-order valence-electron chi connectivity index (χ3n) is 3.35. The molecule has 0 atom stereocenters. The summed E-state index contributed by atoms with van der Waals surface area (Å²) in [6, 6.07) is 5.17. The summed E-state index contributed by atoms with van der Waals surface area (Å²) in [5.41, 5.74) is 0.736. The van der Waals surface area contributed by atoms with Crippen molar-refractivity contribution in [2.75, 3.05) is 5.32 Å². The van der Waals surface area contributed by atoms with E-state index in [4.69, 9.17) is 11.6 Å². The van der Waals surface area contributed by atoms with Crippen molar-refractivity contribution in [1.82, 2.24) is 19.7 Å². The van der Waals surface area contributed by atoms with Crippen LogP contribution in [0.2, 0.25) is 5.15 Å². The zero-order valence-electron chi connectivity index (χ0n) is 14.0. The highest BCUT2D eigenvalue weighted by molar-refractivity contribution is 6.34. The SMILES string of the molecule is CC(C)(C)Cn1cc2c(Cl)nc(NC(=O)c3ccc(F)cc3)nc2n1. The van der Waals surface area contributed by atoms with Gasteiger partial charge in [-0.2, -0.15) is 15.1 Å². The number of benzene rings is 1. The average molecular weight is 362 g/mol. The lowest BCUT2D eigenvalue weighted by atomic mass is 9.97. The van der Waals surface area contributed by atoms with Crippen LogP contribution in [0, 0.1) is 11.2 Å². The van der Waals surface area contributed by atoms with Crippen LogP contribution < -0.4 is 5.32 Å². The number of carbonyl (C=O) groups is 1. The van der Waals surface area contributed by atoms with Gasteiger partial charge in [-0.3, -0.25) is 14.8 Å². The molecule has 2 aromatic heterocycles. The summed E-state index contributed by atoms with van der Waals surface area (Å²) in [6.45, 7) is 6.99. The first kappa shape index (κ1) is 17.3. The number of hydrogen-bond acceptors (Lipinski definition) is 4. The Balaban J connectivity index is 1.87. The standard InChI is InChI=1S/C17H17ClFN5O/c1-17(2,3)9-24-8-12-13(18)20-16(21-14(12)23-24)22-15(25)10-4-6-11(19)7-5-10/h4-8H,9H2,1-3H3,(H,21,22,23,25). The molecule has 0 spiro atoms. The summed E-state index contributed by atoms with van der Waals surface area (Å²) >= 11 is 6.19. The van der Waals surface area contributed by atoms with Gasteiger partial charge in [0.15, 0.2) is 5.65 Å². The van der Waals surface area contributed by atoms with E-state index >= 15 is 0 Å². The second-order valence-corrected chi connectivity index (χ2v) is 7.28. The van der Waals surface area contributed by atoms with Crippen molar-refractivity contribution in [2.24, 2.45) is 5.41 Å². The average Bonchev–Trinajstić information content (AvgIpc) is 2.88. The highest BCUT2D eigenvalue weighted by atomic mass is 35.5. The Kier molecular flexibility index (Phi) is 4.43. The fraction of sp³-hybridized carbons (Fsp3) is 0.294. The largest absolute Gasteiger partial charge is 0.290 e. The third kappa shape index (κ3) is 4.11. The molecule has 130 valence electrons. The maximum absolute atomic E-state index is 12.9. The summed E-state index contributed by atoms with van der Waals surface area (Å²) in [4.78, 5) is 20.5. The number of anilines is 1. The minimum Gasteiger partial charge on any atom is -0.290 e. The highest BCUT2D eigenvalue weighted by Gasteiger charge is 2.16. The summed E-state index contributed by atoms with van der Waals surface area (Å²) in [5.74, 6) is -0.820. The van der Waals surface area contributed by atoms with Crippen LogP contribution in [0.3, 0.4) is 0 Å². The highest BCUT2D eigenvalue weighted by Crippen LogP contribution is 2.23. The summed E-state index contributed by atoms with van der Waals surface area (Å²) in [7, 11) is 0. The third-order valence-corrected chi connectivity index (χ3v) is 3.64. The molecule has 1 aromatic carbocycles. The number of halogens is 2. The Bertz CT molecular complexity index is 931. The molecule has 3 rings (SSSR count). The first-order valence-electron chi connectivity index (χ1n) is 7.69. The lowest BCUT2D eigenvalue weighted by Gasteiger charge is -2.17. The van der Waals surface area contributed by atoms with Gasteiger partial charge in [-0.1, -0.05) is 32.4 Å². The van der Waals surface area contributed by atoms with Crippen molar-refractivity contribution in [3.63, 3.8) is 0 Å². The molecule has 0 unspecified atom stereocenters. The predicted molar refractivity (Wildman–Crippen MR) is 94.1 cm³/mol. The van der Waals surface area contributed by atoms with Gasteiger partial charge in [-0.05, 0) is 29.7 Å². The normalized spacial score (nSPS) is 11.7. The van der Waals surface area contributed by atoms with Crippen LogP contribution in [-0.2, 0) is 6.54 Å². The molecule has 3 aromatic rings. The van der Waals surface area contributed by atoms with Crippen molar-refractivity contribution in [3.05, 3.63) is 47.0 Å². The molecule has 1 N–H and O–H groups in total. The maximum atomic E-state index is 12.9. The molecule has 0 fully saturated rings. The Morgan fingerprint density at radius 2 is 1.92 bits per heavy atom. The molecule has 0 bridgehead atoms. The van der Waals surface area contributed by atoms with Gasteiger partial charge in [-0.15, -0.1) is 0 Å². The quantitative estimate of drug-likeness (QED) is 0.718. The van der Waals surface area contributed by atoms with E-state index < -0.39 is 11.7 Å². The van der Waals surface area contributed by atoms with E-state index in [1.54, 1.807) is 10.9 Å². The monoisotopic (exact) mass is 361 g/mol. The van der Waals surface area contributed by atoms with Gasteiger partial charge in [0.05, 0.1) is 5.39 Å². The minimum absolute atomic E-state index is 0.0432. The molecular formula is C17H17ClFN5O. The maximum Gasteiger partial charge on any atom is 0.258 e. The Labute approximate surface area is 149 Å². The van der Waals surface area contributed by atoms with Crippen LogP contribution in [0.4, 0.5) is 10.3 Å². The van der Waals surface area contributed by atoms with Crippen LogP contribution >= 0.6 is 11.6 Å². The Morgan fingerprint density at radius 3 is 2.56 bits per heavy atom. The summed E-state index contributed by atoms with van der Waals surface area (Å²) in [6.07, 6.45) is 1.79. The fourth-order valence-electron chi connectivity index (χ4n) is 2.32. The van der Waals surface area contributed by atoms with Gasteiger partial charge < -0.3 is 0 Å². The number of hydrogen-bond donors (Lipinski definition) is 1. The van der Waals surface area contributed by atoms with Crippen LogP contribution in [0.1, 0.15) is 31.1 Å². The van der Waals surface area contributed by atoms with Crippen LogP contribution in [0.25, 0.3) is 11.0 Å². The van der Waals surface area contributed by atoms with Crippen LogP contribution in [0.15, 0.2) is 30.5 Å². The van der Waals surface area contributed by atoms with Crippen LogP contribution in [0.5, 0.6) is 0 Å². The molecule has 0 radical (unpaired) electrons. The number of aromatic nitrogens is 4. The molecule has 0 saturated carbocycles. The molecule has 0 aliphatic rings. The first-order chi connectivity index (χ1) is 11.7. The molecule has 6 nitrogen and oxygen atoms in total. The second-order valence-electron chi connectivity index (χ2n) is 6.92. The predicted octanol–water partition coefficient (Wildman–Crippen LogP) is 3.92. The summed E-state index contributed by atoms with van der Waals surface area (Å²) < 4.78 is 14.7. The first-order valence-corrected chi connectivity index (χ1v) is 8.07. The van der Waals surface area contributed by atoms with Gasteiger partial charge in [0.1, 0.15) is 11.0 Å². The number of fused-ring (bicyclic) bond motifs is 1. The lowest BCUT2D eigenvalue weighted by molar-refractivity contribution is 0.102. The molecule has 2 heterocycles. The van der Waals surface area contributed by atoms with Gasteiger partial charge >= 0.3 is 0 Å². The van der Waals surface area contributed by atoms with E-state index in [-0.39, 0.29) is 16.5 Å². The molecule has 1 amide bonds. The second kappa shape index (κ2) is 6.40. The number of carbonyl (C=O) groups excluding carboxylic acids is 1. The minimum atomic E-state index is -0.454. The molecule has 8 heteroatoms. The zero-order chi connectivity index (χ0) is 18.2. The van der Waals surface area contributed by atoms with Gasteiger partial charge in [0.25, 0.3) is 5.91 Å². The number of nitrogens with zero attached hydrogens (tertiary/aromatic N) is 4. The molecule has 0 saturated heterocycles. The van der Waals surface area contributed by atoms with Crippen molar-refractivity contribution in [2.45, 2.75) is 27.3 Å². The fourth-order valence-corrected chi connectivity index (χ4v) is 2.53. The van der Waals surface area contributed by atoms with Crippen molar-refractivity contribution in [1.29, 1.82) is 0 Å². The Morgan fingerprint density at radius 1 is 1.24 bits per heavy atom. The van der Waals surface area contributed by atoms with Crippen molar-refractivity contribution < 1.29 is 9.18 Å². The van der Waals surface area contributed by atoms with E-state index in [0.29, 0.717) is 23.1 Å². The number of amides is 1. The van der Waals surface area contributed by atoms with E-state index in [1.807, 2.05) is 0 Å². The zero-order valence-corrected chi connectivity index (χ0v) is 14.8. The Hall–Kier alpha value is -2.54. The van der Waals surface area contributed by atoms with E-state index in [0.717, 1.165) is 0 Å². The van der Waals surface area contributed by atoms with Crippen molar-refractivity contribution >= 4 is 34.5 Å². The van der Waals surface area contributed by atoms with Crippen molar-refractivity contribution in [3.8, 4) is 0 Å². The van der Waals surface area contributed by atoms with Gasteiger partial charge in [0.2, 0.25) is 5.95 Å². The molecule has 0 aliphatic heterocycles. The lowest BCUT2D eigenvalue weighted by Crippen LogP contribution is -2.15. The van der Waals surface area contributed by atoms with E-state index in [9.17, 15) is 9.18 Å². The van der Waals surface area contributed by atoms with Gasteiger partial charge in [-0.25, -0.2) is 4.39 Å². The smallest absolute Gasteiger partial charge is 0.258 e. The topological polar surface area (TPSA) is 72.7 Å². The number of rotatable bonds is 3. The van der Waals surface area contributed by atoms with E-state index in [2.05, 4.69) is 41.2 Å². The van der Waals surface area contributed by atoms with E-state index in [1.165, 1.54) is 24.3 Å². The van der Waals surface area contributed by atoms with Gasteiger partial charge in [0, 0.05) is 18.3 Å². The molecule has 0 aliphatic carbocycles. The number of nitrogens with one attached hydrogen (secondary N) is 1.